The van der Waals surface area contributed by atoms with E-state index in [1.54, 1.807) is 18.2 Å². The Morgan fingerprint density at radius 3 is 2.71 bits per heavy atom. The molecule has 9 heteroatoms. The van der Waals surface area contributed by atoms with Gasteiger partial charge in [0.05, 0.1) is 29.3 Å². The fourth-order valence-electron chi connectivity index (χ4n) is 4.58. The van der Waals surface area contributed by atoms with Gasteiger partial charge in [0, 0.05) is 36.3 Å². The molecule has 2 heterocycles. The molecule has 174 valence electrons. The second kappa shape index (κ2) is 8.87. The van der Waals surface area contributed by atoms with Gasteiger partial charge in [-0.2, -0.15) is 0 Å². The second-order valence-electron chi connectivity index (χ2n) is 8.28. The Morgan fingerprint density at radius 1 is 1.15 bits per heavy atom. The Kier molecular flexibility index (Phi) is 5.75. The van der Waals surface area contributed by atoms with E-state index in [1.807, 2.05) is 23.1 Å². The smallest absolute Gasteiger partial charge is 0.270 e. The van der Waals surface area contributed by atoms with Crippen LogP contribution in [0, 0.1) is 10.1 Å². The Balaban J connectivity index is 1.45. The van der Waals surface area contributed by atoms with Crippen molar-refractivity contribution in [3.8, 4) is 11.5 Å². The Labute approximate surface area is 201 Å². The summed E-state index contributed by atoms with van der Waals surface area (Å²) < 4.78 is 11.5. The van der Waals surface area contributed by atoms with Gasteiger partial charge in [-0.1, -0.05) is 24.3 Å². The van der Waals surface area contributed by atoms with Crippen LogP contribution in [0.15, 0.2) is 54.6 Å². The number of methoxy groups -OCH3 is 1. The fraction of sp³-hybridized carbons (Fsp3) is 0.240. The van der Waals surface area contributed by atoms with Gasteiger partial charge in [-0.15, -0.1) is 11.6 Å². The number of nitro groups is 1. The molecule has 5 rings (SSSR count). The number of carbonyl (C=O) groups is 1. The monoisotopic (exact) mass is 479 g/mol. The van der Waals surface area contributed by atoms with Crippen molar-refractivity contribution in [2.75, 3.05) is 23.9 Å². The lowest BCUT2D eigenvalue weighted by Gasteiger charge is -2.22. The number of ether oxygens (including phenoxy) is 2. The average molecular weight is 480 g/mol. The van der Waals surface area contributed by atoms with Crippen molar-refractivity contribution in [3.05, 3.63) is 87.0 Å². The summed E-state index contributed by atoms with van der Waals surface area (Å²) in [4.78, 5) is 26.2. The van der Waals surface area contributed by atoms with Crippen LogP contribution in [0.3, 0.4) is 0 Å². The van der Waals surface area contributed by atoms with Crippen molar-refractivity contribution in [2.24, 2.45) is 0 Å². The number of alkyl halides is 1. The summed E-state index contributed by atoms with van der Waals surface area (Å²) in [5.74, 6) is 0.903. The van der Waals surface area contributed by atoms with Crippen LogP contribution in [0.2, 0.25) is 0 Å². The maximum absolute atomic E-state index is 13.5. The molecule has 0 unspecified atom stereocenters. The molecule has 0 aromatic heterocycles. The minimum absolute atomic E-state index is 0.0199. The van der Waals surface area contributed by atoms with Gasteiger partial charge < -0.3 is 19.7 Å². The quantitative estimate of drug-likeness (QED) is 0.306. The molecule has 34 heavy (non-hydrogen) atoms. The van der Waals surface area contributed by atoms with Crippen molar-refractivity contribution in [1.29, 1.82) is 0 Å². The number of nitrogens with one attached hydrogen (secondary N) is 1. The lowest BCUT2D eigenvalue weighted by Crippen LogP contribution is -2.39. The van der Waals surface area contributed by atoms with E-state index in [0.29, 0.717) is 40.4 Å². The van der Waals surface area contributed by atoms with Crippen LogP contribution < -0.4 is 19.7 Å². The number of rotatable bonds is 6. The van der Waals surface area contributed by atoms with Crippen LogP contribution in [0.5, 0.6) is 11.5 Å². The van der Waals surface area contributed by atoms with E-state index in [0.717, 1.165) is 17.7 Å². The number of halogens is 1. The first-order valence-corrected chi connectivity index (χ1v) is 11.4. The molecular weight excluding hydrogens is 458 g/mol. The first-order chi connectivity index (χ1) is 16.5. The van der Waals surface area contributed by atoms with Crippen LogP contribution in [0.1, 0.15) is 27.0 Å². The maximum atomic E-state index is 13.5. The van der Waals surface area contributed by atoms with E-state index in [9.17, 15) is 14.9 Å². The number of para-hydroxylation sites is 1. The molecule has 0 aliphatic carbocycles. The number of carbonyl (C=O) groups excluding carboxylic acids is 1. The second-order valence-corrected chi connectivity index (χ2v) is 8.55. The molecular formula is C25H22ClN3O5. The third kappa shape index (κ3) is 3.90. The van der Waals surface area contributed by atoms with Crippen molar-refractivity contribution >= 4 is 34.6 Å². The molecule has 0 spiro atoms. The molecule has 0 radical (unpaired) electrons. The van der Waals surface area contributed by atoms with E-state index in [1.165, 1.54) is 19.2 Å². The number of anilines is 2. The maximum Gasteiger partial charge on any atom is 0.270 e. The first kappa shape index (κ1) is 22.0. The zero-order valence-electron chi connectivity index (χ0n) is 18.4. The molecule has 1 atom stereocenters. The standard InChI is InChI=1S/C25H22ClN3O5/c1-33-23-10-20-21(27-13-19-9-17-4-2-3-5-22(17)28(19)25(20)30)11-24(23)34-14-16-6-15(12-26)7-18(8-16)29(31)32/h2-8,10-11,19,27H,9,12-14H2,1H3/t19-/m1/s1. The minimum atomic E-state index is -0.456. The lowest BCUT2D eigenvalue weighted by atomic mass is 10.1. The van der Waals surface area contributed by atoms with Crippen LogP contribution in [0.4, 0.5) is 17.1 Å². The zero-order chi connectivity index (χ0) is 23.8. The average Bonchev–Trinajstić information content (AvgIpc) is 3.17. The third-order valence-electron chi connectivity index (χ3n) is 6.15. The predicted octanol–water partition coefficient (Wildman–Crippen LogP) is 4.92. The lowest BCUT2D eigenvalue weighted by molar-refractivity contribution is -0.385. The van der Waals surface area contributed by atoms with Crippen LogP contribution in [-0.2, 0) is 18.9 Å². The van der Waals surface area contributed by atoms with Crippen molar-refractivity contribution in [3.63, 3.8) is 0 Å². The topological polar surface area (TPSA) is 93.9 Å². The van der Waals surface area contributed by atoms with Gasteiger partial charge in [0.15, 0.2) is 11.5 Å². The van der Waals surface area contributed by atoms with Gasteiger partial charge in [-0.25, -0.2) is 0 Å². The first-order valence-electron chi connectivity index (χ1n) is 10.8. The summed E-state index contributed by atoms with van der Waals surface area (Å²) in [6.07, 6.45) is 0.791. The van der Waals surface area contributed by atoms with Crippen molar-refractivity contribution < 1.29 is 19.2 Å². The van der Waals surface area contributed by atoms with Crippen LogP contribution in [-0.4, -0.2) is 30.5 Å². The molecule has 2 aliphatic rings. The largest absolute Gasteiger partial charge is 0.493 e. The number of amides is 1. The predicted molar refractivity (Wildman–Crippen MR) is 129 cm³/mol. The highest BCUT2D eigenvalue weighted by molar-refractivity contribution is 6.17. The fourth-order valence-corrected chi connectivity index (χ4v) is 4.74. The minimum Gasteiger partial charge on any atom is -0.493 e. The number of fused-ring (bicyclic) bond motifs is 4. The molecule has 1 amide bonds. The number of nitrogens with zero attached hydrogens (tertiary/aromatic N) is 2. The molecule has 8 nitrogen and oxygen atoms in total. The summed E-state index contributed by atoms with van der Waals surface area (Å²) >= 11 is 5.89. The van der Waals surface area contributed by atoms with E-state index < -0.39 is 4.92 Å². The number of benzene rings is 3. The summed E-state index contributed by atoms with van der Waals surface area (Å²) in [6, 6.07) is 16.1. The Hall–Kier alpha value is -3.78. The van der Waals surface area contributed by atoms with Crippen LogP contribution >= 0.6 is 11.6 Å². The number of hydrogen-bond acceptors (Lipinski definition) is 6. The van der Waals surface area contributed by atoms with Gasteiger partial charge >= 0.3 is 0 Å². The van der Waals surface area contributed by atoms with Crippen molar-refractivity contribution in [1.82, 2.24) is 0 Å². The molecule has 0 fully saturated rings. The van der Waals surface area contributed by atoms with Gasteiger partial charge in [0.1, 0.15) is 6.61 Å². The normalized spacial score (nSPS) is 16.1. The molecule has 0 bridgehead atoms. The van der Waals surface area contributed by atoms with E-state index in [-0.39, 0.29) is 30.1 Å². The number of nitro benzene ring substituents is 1. The highest BCUT2D eigenvalue weighted by Crippen LogP contribution is 2.40. The zero-order valence-corrected chi connectivity index (χ0v) is 19.2. The van der Waals surface area contributed by atoms with Gasteiger partial charge in [0.25, 0.3) is 11.6 Å². The van der Waals surface area contributed by atoms with Gasteiger partial charge in [-0.3, -0.25) is 14.9 Å². The molecule has 0 saturated carbocycles. The van der Waals surface area contributed by atoms with E-state index in [4.69, 9.17) is 21.1 Å². The van der Waals surface area contributed by atoms with Crippen molar-refractivity contribution in [2.45, 2.75) is 24.9 Å². The SMILES string of the molecule is COc1cc2c(cc1OCc1cc(CCl)cc([N+](=O)[O-])c1)NC[C@H]1Cc3ccccc3N1C2=O. The molecule has 2 aliphatic heterocycles. The number of non-ortho nitro benzene ring substituents is 1. The third-order valence-corrected chi connectivity index (χ3v) is 6.46. The highest BCUT2D eigenvalue weighted by atomic mass is 35.5. The molecule has 3 aromatic rings. The van der Waals surface area contributed by atoms with E-state index >= 15 is 0 Å². The summed E-state index contributed by atoms with van der Waals surface area (Å²) in [5.41, 5.74) is 4.47. The van der Waals surface area contributed by atoms with Gasteiger partial charge in [0.2, 0.25) is 0 Å². The highest BCUT2D eigenvalue weighted by Gasteiger charge is 2.37. The van der Waals surface area contributed by atoms with Crippen LogP contribution in [0.25, 0.3) is 0 Å². The Bertz CT molecular complexity index is 1300. The summed E-state index contributed by atoms with van der Waals surface area (Å²) in [5, 5.41) is 14.6. The molecule has 1 N–H and O–H groups in total. The summed E-state index contributed by atoms with van der Waals surface area (Å²) in [6.45, 7) is 0.680. The van der Waals surface area contributed by atoms with E-state index in [2.05, 4.69) is 11.4 Å². The van der Waals surface area contributed by atoms with Gasteiger partial charge in [-0.05, 0) is 35.2 Å². The number of hydrogen-bond donors (Lipinski definition) is 1. The molecule has 3 aromatic carbocycles. The summed E-state index contributed by atoms with van der Waals surface area (Å²) in [7, 11) is 1.51. The molecule has 0 saturated heterocycles. The Morgan fingerprint density at radius 2 is 1.94 bits per heavy atom.